The first kappa shape index (κ1) is 27.7. The fourth-order valence-electron chi connectivity index (χ4n) is 5.27. The number of carbonyl (C=O) groups is 3. The van der Waals surface area contributed by atoms with Crippen LogP contribution in [-0.2, 0) is 16.1 Å². The number of benzene rings is 2. The second-order valence-corrected chi connectivity index (χ2v) is 10.2. The van der Waals surface area contributed by atoms with Crippen LogP contribution in [-0.4, -0.2) is 111 Å². The van der Waals surface area contributed by atoms with Gasteiger partial charge in [0.05, 0.1) is 24.6 Å². The molecule has 40 heavy (non-hydrogen) atoms. The van der Waals surface area contributed by atoms with Crippen molar-refractivity contribution >= 4 is 29.4 Å². The van der Waals surface area contributed by atoms with Gasteiger partial charge in [0.1, 0.15) is 6.61 Å². The van der Waals surface area contributed by atoms with Crippen LogP contribution in [0.15, 0.2) is 48.5 Å². The van der Waals surface area contributed by atoms with Gasteiger partial charge in [-0.1, -0.05) is 30.3 Å². The lowest BCUT2D eigenvalue weighted by Crippen LogP contribution is -2.49. The van der Waals surface area contributed by atoms with E-state index in [4.69, 9.17) is 9.47 Å². The van der Waals surface area contributed by atoms with Crippen molar-refractivity contribution in [1.29, 1.82) is 0 Å². The molecule has 11 nitrogen and oxygen atoms in total. The maximum atomic E-state index is 13.2. The van der Waals surface area contributed by atoms with Gasteiger partial charge in [0.15, 0.2) is 0 Å². The predicted octanol–water partition coefficient (Wildman–Crippen LogP) is 2.45. The molecule has 2 aromatic carbocycles. The first-order valence-corrected chi connectivity index (χ1v) is 14.1. The summed E-state index contributed by atoms with van der Waals surface area (Å²) >= 11 is 0. The van der Waals surface area contributed by atoms with Crippen LogP contribution >= 0.6 is 0 Å². The van der Waals surface area contributed by atoms with E-state index in [1.807, 2.05) is 57.2 Å². The van der Waals surface area contributed by atoms with Crippen molar-refractivity contribution in [2.75, 3.05) is 88.9 Å². The molecular weight excluding hydrogens is 512 g/mol. The summed E-state index contributed by atoms with van der Waals surface area (Å²) in [5.74, 6) is -0.0631. The van der Waals surface area contributed by atoms with E-state index < -0.39 is 6.09 Å². The first-order valence-electron chi connectivity index (χ1n) is 14.1. The number of ether oxygens (including phenoxy) is 2. The zero-order chi connectivity index (χ0) is 27.7. The minimum atomic E-state index is -0.587. The van der Waals surface area contributed by atoms with Gasteiger partial charge in [0.2, 0.25) is 0 Å². The predicted molar refractivity (Wildman–Crippen MR) is 152 cm³/mol. The SMILES string of the molecule is O=C(Nc1cc(C(=O)N2CCNCC2)ccc1N1CCCN(C(=O)N2CCOCC2)CC1)OCc1ccccc1. The second kappa shape index (κ2) is 13.5. The number of nitrogens with one attached hydrogen (secondary N) is 2. The largest absolute Gasteiger partial charge is 0.444 e. The minimum Gasteiger partial charge on any atom is -0.444 e. The number of piperazine rings is 1. The molecule has 0 spiro atoms. The lowest BCUT2D eigenvalue weighted by atomic mass is 10.1. The van der Waals surface area contributed by atoms with Gasteiger partial charge in [-0.25, -0.2) is 9.59 Å². The molecule has 4 amide bonds. The molecule has 0 aromatic heterocycles. The molecule has 5 rings (SSSR count). The highest BCUT2D eigenvalue weighted by Crippen LogP contribution is 2.29. The van der Waals surface area contributed by atoms with Crippen molar-refractivity contribution in [1.82, 2.24) is 20.0 Å². The van der Waals surface area contributed by atoms with Gasteiger partial charge in [-0.3, -0.25) is 10.1 Å². The van der Waals surface area contributed by atoms with Crippen molar-refractivity contribution in [2.45, 2.75) is 13.0 Å². The Morgan fingerprint density at radius 2 is 1.57 bits per heavy atom. The molecule has 3 fully saturated rings. The van der Waals surface area contributed by atoms with Crippen molar-refractivity contribution in [2.24, 2.45) is 0 Å². The average Bonchev–Trinajstić information content (AvgIpc) is 3.27. The number of anilines is 2. The maximum Gasteiger partial charge on any atom is 0.412 e. The maximum absolute atomic E-state index is 13.2. The quantitative estimate of drug-likeness (QED) is 0.589. The molecule has 0 aliphatic carbocycles. The van der Waals surface area contributed by atoms with Crippen molar-refractivity contribution < 1.29 is 23.9 Å². The van der Waals surface area contributed by atoms with Gasteiger partial charge in [0.25, 0.3) is 5.91 Å². The fourth-order valence-corrected chi connectivity index (χ4v) is 5.27. The number of carbonyl (C=O) groups excluding carboxylic acids is 3. The van der Waals surface area contributed by atoms with Crippen molar-refractivity contribution in [3.05, 3.63) is 59.7 Å². The Morgan fingerprint density at radius 3 is 2.35 bits per heavy atom. The lowest BCUT2D eigenvalue weighted by Gasteiger charge is -2.32. The summed E-state index contributed by atoms with van der Waals surface area (Å²) in [4.78, 5) is 46.9. The molecule has 0 unspecified atom stereocenters. The normalized spacial score (nSPS) is 18.2. The molecule has 214 valence electrons. The van der Waals surface area contributed by atoms with Crippen LogP contribution in [0, 0.1) is 0 Å². The zero-order valence-corrected chi connectivity index (χ0v) is 22.8. The van der Waals surface area contributed by atoms with E-state index in [2.05, 4.69) is 15.5 Å². The molecular formula is C29H38N6O5. The van der Waals surface area contributed by atoms with Crippen molar-refractivity contribution in [3.63, 3.8) is 0 Å². The topological polar surface area (TPSA) is 107 Å². The fraction of sp³-hybridized carbons (Fsp3) is 0.483. The van der Waals surface area contributed by atoms with E-state index >= 15 is 0 Å². The Bertz CT molecular complexity index is 1170. The monoisotopic (exact) mass is 550 g/mol. The summed E-state index contributed by atoms with van der Waals surface area (Å²) in [6.45, 7) is 7.85. The van der Waals surface area contributed by atoms with Crippen LogP contribution in [0.3, 0.4) is 0 Å². The highest BCUT2D eigenvalue weighted by atomic mass is 16.5. The van der Waals surface area contributed by atoms with Gasteiger partial charge in [-0.15, -0.1) is 0 Å². The summed E-state index contributed by atoms with van der Waals surface area (Å²) in [5, 5.41) is 6.16. The van der Waals surface area contributed by atoms with Gasteiger partial charge in [-0.05, 0) is 30.2 Å². The molecule has 3 aliphatic heterocycles. The van der Waals surface area contributed by atoms with E-state index in [0.29, 0.717) is 76.8 Å². The number of urea groups is 1. The number of hydrogen-bond donors (Lipinski definition) is 2. The molecule has 2 aromatic rings. The van der Waals surface area contributed by atoms with Crippen LogP contribution in [0.25, 0.3) is 0 Å². The Hall–Kier alpha value is -3.83. The number of hydrogen-bond acceptors (Lipinski definition) is 7. The molecule has 0 saturated carbocycles. The molecule has 3 heterocycles. The Labute approximate surface area is 235 Å². The van der Waals surface area contributed by atoms with E-state index in [9.17, 15) is 14.4 Å². The summed E-state index contributed by atoms with van der Waals surface area (Å²) in [7, 11) is 0. The third kappa shape index (κ3) is 7.02. The molecule has 0 atom stereocenters. The highest BCUT2D eigenvalue weighted by molar-refractivity contribution is 5.98. The summed E-state index contributed by atoms with van der Waals surface area (Å²) < 4.78 is 10.9. The van der Waals surface area contributed by atoms with Crippen LogP contribution in [0.5, 0.6) is 0 Å². The number of amides is 4. The third-order valence-electron chi connectivity index (χ3n) is 7.49. The van der Waals surface area contributed by atoms with Crippen LogP contribution in [0.4, 0.5) is 21.0 Å². The van der Waals surface area contributed by atoms with Gasteiger partial charge >= 0.3 is 12.1 Å². The molecule has 0 bridgehead atoms. The first-order chi connectivity index (χ1) is 19.6. The Kier molecular flexibility index (Phi) is 9.35. The van der Waals surface area contributed by atoms with Gasteiger partial charge < -0.3 is 34.4 Å². The minimum absolute atomic E-state index is 0.0463. The van der Waals surface area contributed by atoms with Crippen LogP contribution in [0.2, 0.25) is 0 Å². The molecule has 11 heteroatoms. The average molecular weight is 551 g/mol. The van der Waals surface area contributed by atoms with E-state index in [1.165, 1.54) is 0 Å². The smallest absolute Gasteiger partial charge is 0.412 e. The van der Waals surface area contributed by atoms with E-state index in [0.717, 1.165) is 30.8 Å². The zero-order valence-electron chi connectivity index (χ0n) is 22.8. The van der Waals surface area contributed by atoms with E-state index in [-0.39, 0.29) is 18.5 Å². The van der Waals surface area contributed by atoms with Crippen molar-refractivity contribution in [3.8, 4) is 0 Å². The third-order valence-corrected chi connectivity index (χ3v) is 7.49. The van der Waals surface area contributed by atoms with Crippen LogP contribution in [0.1, 0.15) is 22.3 Å². The number of morpholine rings is 1. The number of rotatable bonds is 5. The standard InChI is InChI=1S/C29H38N6O5/c36-27(33-13-9-30-10-14-33)24-7-8-26(25(21-24)31-28(37)40-22-23-5-2-1-3-6-23)32-11-4-12-34(16-15-32)29(38)35-17-19-39-20-18-35/h1-3,5-8,21,30H,4,9-20,22H2,(H,31,37). The highest BCUT2D eigenvalue weighted by Gasteiger charge is 2.27. The Balaban J connectivity index is 1.31. The second-order valence-electron chi connectivity index (χ2n) is 10.2. The van der Waals surface area contributed by atoms with E-state index in [1.54, 1.807) is 6.07 Å². The summed E-state index contributed by atoms with van der Waals surface area (Å²) in [6, 6.07) is 15.0. The van der Waals surface area contributed by atoms with Crippen LogP contribution < -0.4 is 15.5 Å². The molecule has 2 N–H and O–H groups in total. The van der Waals surface area contributed by atoms with Gasteiger partial charge in [-0.2, -0.15) is 0 Å². The molecule has 3 aliphatic rings. The number of nitrogens with zero attached hydrogens (tertiary/aromatic N) is 4. The Morgan fingerprint density at radius 1 is 0.825 bits per heavy atom. The molecule has 3 saturated heterocycles. The summed E-state index contributed by atoms with van der Waals surface area (Å²) in [6.07, 6.45) is 0.200. The van der Waals surface area contributed by atoms with Gasteiger partial charge in [0, 0.05) is 71.0 Å². The lowest BCUT2D eigenvalue weighted by molar-refractivity contribution is 0.0438. The summed E-state index contributed by atoms with van der Waals surface area (Å²) in [5.41, 5.74) is 2.72. The molecule has 0 radical (unpaired) electrons.